The number of likely N-dealkylation sites (tertiary alicyclic amines) is 1. The van der Waals surface area contributed by atoms with Gasteiger partial charge in [0, 0.05) is 36.5 Å². The van der Waals surface area contributed by atoms with Crippen LogP contribution in [0.4, 0.5) is 5.82 Å². The molecule has 4 rings (SSSR count). The Morgan fingerprint density at radius 3 is 2.75 bits per heavy atom. The highest BCUT2D eigenvalue weighted by molar-refractivity contribution is 6.31. The van der Waals surface area contributed by atoms with Crippen LogP contribution in [0.25, 0.3) is 11.2 Å². The number of pyridine rings is 1. The average Bonchev–Trinajstić information content (AvgIpc) is 2.71. The van der Waals surface area contributed by atoms with Crippen LogP contribution in [-0.4, -0.2) is 44.9 Å². The van der Waals surface area contributed by atoms with E-state index in [1.165, 1.54) is 0 Å². The van der Waals surface area contributed by atoms with Crippen molar-refractivity contribution in [2.45, 2.75) is 32.2 Å². The number of carbonyl (C=O) groups excluding carboxylic acids is 1. The quantitative estimate of drug-likeness (QED) is 0.730. The Balaban J connectivity index is 1.34. The molecule has 7 heteroatoms. The Bertz CT molecular complexity index is 981. The van der Waals surface area contributed by atoms with Crippen LogP contribution in [0.1, 0.15) is 24.0 Å². The number of nitrogens with zero attached hydrogens (tertiary/aromatic N) is 4. The first-order chi connectivity index (χ1) is 13.6. The molecule has 1 N–H and O–H groups in total. The van der Waals surface area contributed by atoms with Gasteiger partial charge >= 0.3 is 0 Å². The zero-order chi connectivity index (χ0) is 19.5. The molecule has 0 aliphatic carbocycles. The van der Waals surface area contributed by atoms with Gasteiger partial charge in [-0.2, -0.15) is 0 Å². The van der Waals surface area contributed by atoms with Gasteiger partial charge in [-0.15, -0.1) is 0 Å². The first-order valence-corrected chi connectivity index (χ1v) is 9.84. The molecule has 1 aliphatic rings. The number of rotatable bonds is 4. The highest BCUT2D eigenvalue weighted by Gasteiger charge is 2.24. The first kappa shape index (κ1) is 18.6. The number of halogens is 1. The molecule has 2 aromatic heterocycles. The molecule has 1 aromatic carbocycles. The molecule has 0 atom stereocenters. The van der Waals surface area contributed by atoms with Crippen molar-refractivity contribution >= 4 is 34.5 Å². The third-order valence-corrected chi connectivity index (χ3v) is 5.57. The lowest BCUT2D eigenvalue weighted by atomic mass is 10.0. The van der Waals surface area contributed by atoms with Gasteiger partial charge in [0.2, 0.25) is 5.91 Å². The number of nitrogens with one attached hydrogen (secondary N) is 1. The first-order valence-electron chi connectivity index (χ1n) is 9.46. The summed E-state index contributed by atoms with van der Waals surface area (Å²) in [6.45, 7) is 3.45. The summed E-state index contributed by atoms with van der Waals surface area (Å²) in [7, 11) is 0. The van der Waals surface area contributed by atoms with E-state index in [4.69, 9.17) is 11.6 Å². The van der Waals surface area contributed by atoms with Crippen LogP contribution in [0.3, 0.4) is 0 Å². The van der Waals surface area contributed by atoms with Crippen molar-refractivity contribution < 1.29 is 4.79 Å². The van der Waals surface area contributed by atoms with Crippen LogP contribution < -0.4 is 5.32 Å². The van der Waals surface area contributed by atoms with Crippen molar-refractivity contribution in [1.82, 2.24) is 19.9 Å². The molecule has 3 heterocycles. The van der Waals surface area contributed by atoms with Crippen LogP contribution in [-0.2, 0) is 11.2 Å². The van der Waals surface area contributed by atoms with E-state index in [1.54, 1.807) is 12.4 Å². The summed E-state index contributed by atoms with van der Waals surface area (Å²) in [5.74, 6) is 0.929. The van der Waals surface area contributed by atoms with Crippen molar-refractivity contribution in [3.05, 3.63) is 58.9 Å². The second-order valence-corrected chi connectivity index (χ2v) is 7.51. The number of aromatic nitrogens is 3. The fraction of sp³-hybridized carbons (Fsp3) is 0.333. The molecule has 28 heavy (non-hydrogen) atoms. The van der Waals surface area contributed by atoms with Crippen LogP contribution in [0, 0.1) is 6.92 Å². The lowest BCUT2D eigenvalue weighted by molar-refractivity contribution is -0.131. The monoisotopic (exact) mass is 395 g/mol. The van der Waals surface area contributed by atoms with Gasteiger partial charge in [0.1, 0.15) is 11.3 Å². The van der Waals surface area contributed by atoms with Gasteiger partial charge in [-0.05, 0) is 49.1 Å². The number of amides is 1. The number of aryl methyl sites for hydroxylation is 1. The van der Waals surface area contributed by atoms with E-state index in [0.717, 1.165) is 48.4 Å². The standard InChI is InChI=1S/C21H22ClN5O/c1-14-3-2-4-17(22)16(14)13-20(28)27-11-7-15(8-12-27)25-19-6-5-18-21(26-19)24-10-9-23-18/h2-6,9-10,15H,7-8,11-13H2,1H3,(H,24,25,26). The molecule has 6 nitrogen and oxygen atoms in total. The maximum atomic E-state index is 12.7. The molecule has 1 aliphatic heterocycles. The zero-order valence-corrected chi connectivity index (χ0v) is 16.5. The summed E-state index contributed by atoms with van der Waals surface area (Å²) >= 11 is 6.27. The SMILES string of the molecule is Cc1cccc(Cl)c1CC(=O)N1CCC(Nc2ccc3nccnc3n2)CC1. The minimum atomic E-state index is 0.133. The molecule has 0 unspecified atom stereocenters. The topological polar surface area (TPSA) is 71.0 Å². The van der Waals surface area contributed by atoms with Crippen molar-refractivity contribution in [2.24, 2.45) is 0 Å². The summed E-state index contributed by atoms with van der Waals surface area (Å²) < 4.78 is 0. The molecule has 1 saturated heterocycles. The number of benzene rings is 1. The number of hydrogen-bond donors (Lipinski definition) is 1. The molecule has 1 fully saturated rings. The summed E-state index contributed by atoms with van der Waals surface area (Å²) in [5.41, 5.74) is 3.40. The number of anilines is 1. The zero-order valence-electron chi connectivity index (χ0n) is 15.7. The van der Waals surface area contributed by atoms with Gasteiger partial charge in [-0.1, -0.05) is 23.7 Å². The van der Waals surface area contributed by atoms with Gasteiger partial charge in [-0.25, -0.2) is 9.97 Å². The Morgan fingerprint density at radius 2 is 1.96 bits per heavy atom. The minimum absolute atomic E-state index is 0.133. The molecular formula is C21H22ClN5O. The molecule has 144 valence electrons. The maximum Gasteiger partial charge on any atom is 0.227 e. The van der Waals surface area contributed by atoms with E-state index in [0.29, 0.717) is 17.1 Å². The van der Waals surface area contributed by atoms with Crippen molar-refractivity contribution in [3.63, 3.8) is 0 Å². The Hall–Kier alpha value is -2.73. The average molecular weight is 396 g/mol. The predicted octanol–water partition coefficient (Wildman–Crippen LogP) is 3.63. The molecular weight excluding hydrogens is 374 g/mol. The smallest absolute Gasteiger partial charge is 0.227 e. The van der Waals surface area contributed by atoms with Crippen molar-refractivity contribution in [2.75, 3.05) is 18.4 Å². The molecule has 0 spiro atoms. The fourth-order valence-electron chi connectivity index (χ4n) is 3.57. The number of piperidine rings is 1. The molecule has 3 aromatic rings. The van der Waals surface area contributed by atoms with Gasteiger partial charge in [0.15, 0.2) is 5.65 Å². The van der Waals surface area contributed by atoms with Crippen LogP contribution in [0.5, 0.6) is 0 Å². The highest BCUT2D eigenvalue weighted by Crippen LogP contribution is 2.22. The molecule has 1 amide bonds. The Labute approximate surface area is 169 Å². The van der Waals surface area contributed by atoms with Gasteiger partial charge < -0.3 is 10.2 Å². The van der Waals surface area contributed by atoms with E-state index in [1.807, 2.05) is 42.2 Å². The lowest BCUT2D eigenvalue weighted by Crippen LogP contribution is -2.43. The van der Waals surface area contributed by atoms with Crippen LogP contribution in [0.15, 0.2) is 42.7 Å². The highest BCUT2D eigenvalue weighted by atomic mass is 35.5. The summed E-state index contributed by atoms with van der Waals surface area (Å²) in [6.07, 6.45) is 5.42. The normalized spacial score (nSPS) is 15.0. The third-order valence-electron chi connectivity index (χ3n) is 5.21. The van der Waals surface area contributed by atoms with E-state index in [2.05, 4.69) is 20.3 Å². The second kappa shape index (κ2) is 8.10. The Kier molecular flexibility index (Phi) is 5.39. The summed E-state index contributed by atoms with van der Waals surface area (Å²) in [5, 5.41) is 4.12. The van der Waals surface area contributed by atoms with Crippen LogP contribution >= 0.6 is 11.6 Å². The summed E-state index contributed by atoms with van der Waals surface area (Å²) in [4.78, 5) is 27.6. The van der Waals surface area contributed by atoms with E-state index < -0.39 is 0 Å². The number of hydrogen-bond acceptors (Lipinski definition) is 5. The molecule has 0 bridgehead atoms. The van der Waals surface area contributed by atoms with Crippen LogP contribution in [0.2, 0.25) is 5.02 Å². The maximum absolute atomic E-state index is 12.7. The molecule has 0 saturated carbocycles. The lowest BCUT2D eigenvalue weighted by Gasteiger charge is -2.33. The Morgan fingerprint density at radius 1 is 1.18 bits per heavy atom. The summed E-state index contributed by atoms with van der Waals surface area (Å²) in [6, 6.07) is 9.87. The van der Waals surface area contributed by atoms with E-state index in [9.17, 15) is 4.79 Å². The largest absolute Gasteiger partial charge is 0.367 e. The molecule has 0 radical (unpaired) electrons. The van der Waals surface area contributed by atoms with Gasteiger partial charge in [-0.3, -0.25) is 9.78 Å². The van der Waals surface area contributed by atoms with E-state index in [-0.39, 0.29) is 11.9 Å². The number of fused-ring (bicyclic) bond motifs is 1. The third kappa shape index (κ3) is 4.07. The van der Waals surface area contributed by atoms with Gasteiger partial charge in [0.05, 0.1) is 6.42 Å². The fourth-order valence-corrected chi connectivity index (χ4v) is 3.86. The van der Waals surface area contributed by atoms with Crippen molar-refractivity contribution in [3.8, 4) is 0 Å². The van der Waals surface area contributed by atoms with E-state index >= 15 is 0 Å². The number of carbonyl (C=O) groups is 1. The predicted molar refractivity (Wildman–Crippen MR) is 110 cm³/mol. The minimum Gasteiger partial charge on any atom is -0.367 e. The second-order valence-electron chi connectivity index (χ2n) is 7.11. The van der Waals surface area contributed by atoms with Gasteiger partial charge in [0.25, 0.3) is 0 Å². The van der Waals surface area contributed by atoms with Crippen molar-refractivity contribution in [1.29, 1.82) is 0 Å².